The summed E-state index contributed by atoms with van der Waals surface area (Å²) < 4.78 is 0. The van der Waals surface area contributed by atoms with Gasteiger partial charge in [-0.15, -0.1) is 0 Å². The number of urea groups is 1. The fourth-order valence-electron chi connectivity index (χ4n) is 1.26. The van der Waals surface area contributed by atoms with E-state index in [2.05, 4.69) is 15.6 Å². The summed E-state index contributed by atoms with van der Waals surface area (Å²) in [5.74, 6) is -2.71. The maximum Gasteiger partial charge on any atom is 0.326 e. The van der Waals surface area contributed by atoms with Gasteiger partial charge in [0.05, 0.1) is 18.7 Å². The molecule has 2 amide bonds. The molecule has 19 heavy (non-hydrogen) atoms. The predicted molar refractivity (Wildman–Crippen MR) is 63.3 cm³/mol. The first kappa shape index (κ1) is 14.4. The molecule has 1 unspecified atom stereocenters. The van der Waals surface area contributed by atoms with Crippen molar-refractivity contribution in [1.82, 2.24) is 15.6 Å². The summed E-state index contributed by atoms with van der Waals surface area (Å²) in [6, 6.07) is 2.91. The lowest BCUT2D eigenvalue weighted by Crippen LogP contribution is -2.46. The van der Waals surface area contributed by atoms with Crippen LogP contribution in [0.4, 0.5) is 4.79 Å². The summed E-state index contributed by atoms with van der Waals surface area (Å²) in [6.45, 7) is 0.117. The Morgan fingerprint density at radius 2 is 2.00 bits per heavy atom. The van der Waals surface area contributed by atoms with Crippen molar-refractivity contribution < 1.29 is 24.6 Å². The van der Waals surface area contributed by atoms with E-state index >= 15 is 0 Å². The van der Waals surface area contributed by atoms with Gasteiger partial charge in [-0.05, 0) is 12.1 Å². The Balaban J connectivity index is 2.45. The number of hydrogen-bond donors (Lipinski definition) is 4. The highest BCUT2D eigenvalue weighted by Gasteiger charge is 2.22. The fraction of sp³-hybridized carbons (Fsp3) is 0.273. The van der Waals surface area contributed by atoms with E-state index in [0.29, 0.717) is 5.69 Å². The number of carboxylic acids is 2. The molecule has 0 saturated carbocycles. The van der Waals surface area contributed by atoms with Crippen LogP contribution in [0.15, 0.2) is 24.4 Å². The summed E-state index contributed by atoms with van der Waals surface area (Å²) in [6.07, 6.45) is 0.867. The molecule has 4 N–H and O–H groups in total. The van der Waals surface area contributed by atoms with E-state index in [1.54, 1.807) is 24.4 Å². The third-order valence-corrected chi connectivity index (χ3v) is 2.14. The summed E-state index contributed by atoms with van der Waals surface area (Å²) in [5.41, 5.74) is 0.600. The van der Waals surface area contributed by atoms with Crippen LogP contribution in [0.3, 0.4) is 0 Å². The highest BCUT2D eigenvalue weighted by atomic mass is 16.4. The van der Waals surface area contributed by atoms with E-state index in [0.717, 1.165) is 0 Å². The topological polar surface area (TPSA) is 129 Å². The Labute approximate surface area is 108 Å². The third kappa shape index (κ3) is 5.48. The number of carboxylic acid groups (broad SMARTS) is 2. The fourth-order valence-corrected chi connectivity index (χ4v) is 1.26. The van der Waals surface area contributed by atoms with Crippen LogP contribution in [-0.2, 0) is 16.1 Å². The molecule has 0 aliphatic rings. The number of nitrogens with one attached hydrogen (secondary N) is 2. The van der Waals surface area contributed by atoms with E-state index in [1.165, 1.54) is 0 Å². The molecule has 0 radical (unpaired) electrons. The van der Waals surface area contributed by atoms with Crippen molar-refractivity contribution in [2.45, 2.75) is 19.0 Å². The van der Waals surface area contributed by atoms with E-state index in [-0.39, 0.29) is 6.54 Å². The minimum absolute atomic E-state index is 0.117. The Hall–Kier alpha value is -2.64. The number of pyridine rings is 1. The van der Waals surface area contributed by atoms with Gasteiger partial charge in [-0.2, -0.15) is 0 Å². The summed E-state index contributed by atoms with van der Waals surface area (Å²) in [7, 11) is 0. The standard InChI is InChI=1S/C11H13N3O5/c15-9(16)5-8(10(17)18)14-11(19)13-6-7-3-1-2-4-12-7/h1-4,8H,5-6H2,(H,15,16)(H,17,18)(H2,13,14,19). The van der Waals surface area contributed by atoms with Gasteiger partial charge in [0.1, 0.15) is 6.04 Å². The molecule has 0 bridgehead atoms. The van der Waals surface area contributed by atoms with Crippen LogP contribution < -0.4 is 10.6 Å². The number of aromatic nitrogens is 1. The largest absolute Gasteiger partial charge is 0.481 e. The van der Waals surface area contributed by atoms with Gasteiger partial charge in [0.25, 0.3) is 0 Å². The predicted octanol–water partition coefficient (Wildman–Crippen LogP) is -0.191. The van der Waals surface area contributed by atoms with Crippen LogP contribution in [0.25, 0.3) is 0 Å². The molecule has 0 aliphatic carbocycles. The second-order valence-electron chi connectivity index (χ2n) is 3.64. The number of aliphatic carboxylic acids is 2. The van der Waals surface area contributed by atoms with Gasteiger partial charge in [0.15, 0.2) is 0 Å². The van der Waals surface area contributed by atoms with E-state index in [1.807, 2.05) is 0 Å². The van der Waals surface area contributed by atoms with Crippen molar-refractivity contribution >= 4 is 18.0 Å². The zero-order chi connectivity index (χ0) is 14.3. The molecule has 1 aromatic heterocycles. The van der Waals surface area contributed by atoms with Crippen LogP contribution in [0.2, 0.25) is 0 Å². The minimum Gasteiger partial charge on any atom is -0.481 e. The van der Waals surface area contributed by atoms with Gasteiger partial charge in [0, 0.05) is 6.20 Å². The molecule has 1 rings (SSSR count). The van der Waals surface area contributed by atoms with Crippen molar-refractivity contribution in [2.75, 3.05) is 0 Å². The number of carbonyl (C=O) groups excluding carboxylic acids is 1. The number of carbonyl (C=O) groups is 3. The van der Waals surface area contributed by atoms with Crippen LogP contribution in [-0.4, -0.2) is 39.2 Å². The molecular formula is C11H13N3O5. The molecule has 0 saturated heterocycles. The SMILES string of the molecule is O=C(O)CC(NC(=O)NCc1ccccn1)C(=O)O. The van der Waals surface area contributed by atoms with Gasteiger partial charge in [-0.1, -0.05) is 6.07 Å². The molecule has 8 heteroatoms. The van der Waals surface area contributed by atoms with E-state index in [4.69, 9.17) is 10.2 Å². The van der Waals surface area contributed by atoms with Gasteiger partial charge in [-0.25, -0.2) is 9.59 Å². The normalized spacial score (nSPS) is 11.4. The third-order valence-electron chi connectivity index (χ3n) is 2.14. The average Bonchev–Trinajstić information content (AvgIpc) is 2.36. The molecule has 1 heterocycles. The van der Waals surface area contributed by atoms with Crippen LogP contribution in [0.1, 0.15) is 12.1 Å². The van der Waals surface area contributed by atoms with Gasteiger partial charge in [-0.3, -0.25) is 9.78 Å². The molecule has 0 spiro atoms. The molecule has 0 aromatic carbocycles. The van der Waals surface area contributed by atoms with Gasteiger partial charge >= 0.3 is 18.0 Å². The zero-order valence-corrected chi connectivity index (χ0v) is 9.87. The quantitative estimate of drug-likeness (QED) is 0.565. The summed E-state index contributed by atoms with van der Waals surface area (Å²) in [5, 5.41) is 21.7. The highest BCUT2D eigenvalue weighted by molar-refractivity contribution is 5.86. The second kappa shape index (κ2) is 6.94. The molecule has 0 fully saturated rings. The first-order valence-electron chi connectivity index (χ1n) is 5.38. The van der Waals surface area contributed by atoms with Crippen molar-refractivity contribution in [3.63, 3.8) is 0 Å². The van der Waals surface area contributed by atoms with E-state index < -0.39 is 30.4 Å². The lowest BCUT2D eigenvalue weighted by atomic mass is 10.2. The summed E-state index contributed by atoms with van der Waals surface area (Å²) in [4.78, 5) is 36.5. The van der Waals surface area contributed by atoms with Gasteiger partial charge < -0.3 is 20.8 Å². The van der Waals surface area contributed by atoms with Crippen molar-refractivity contribution in [1.29, 1.82) is 0 Å². The molecule has 0 aliphatic heterocycles. The molecular weight excluding hydrogens is 254 g/mol. The lowest BCUT2D eigenvalue weighted by Gasteiger charge is -2.13. The number of hydrogen-bond acceptors (Lipinski definition) is 4. The smallest absolute Gasteiger partial charge is 0.326 e. The number of rotatable bonds is 6. The molecule has 1 aromatic rings. The van der Waals surface area contributed by atoms with Crippen molar-refractivity contribution in [3.8, 4) is 0 Å². The maximum absolute atomic E-state index is 11.4. The minimum atomic E-state index is -1.47. The van der Waals surface area contributed by atoms with Gasteiger partial charge in [0.2, 0.25) is 0 Å². The van der Waals surface area contributed by atoms with Crippen LogP contribution in [0.5, 0.6) is 0 Å². The van der Waals surface area contributed by atoms with E-state index in [9.17, 15) is 14.4 Å². The second-order valence-corrected chi connectivity index (χ2v) is 3.64. The first-order valence-corrected chi connectivity index (χ1v) is 5.38. The van der Waals surface area contributed by atoms with Crippen molar-refractivity contribution in [3.05, 3.63) is 30.1 Å². The number of amides is 2. The maximum atomic E-state index is 11.4. The average molecular weight is 267 g/mol. The Morgan fingerprint density at radius 1 is 1.26 bits per heavy atom. The lowest BCUT2D eigenvalue weighted by molar-refractivity contribution is -0.145. The van der Waals surface area contributed by atoms with Crippen LogP contribution >= 0.6 is 0 Å². The molecule has 102 valence electrons. The Morgan fingerprint density at radius 3 is 2.53 bits per heavy atom. The number of nitrogens with zero attached hydrogens (tertiary/aromatic N) is 1. The Bertz CT molecular complexity index is 463. The zero-order valence-electron chi connectivity index (χ0n) is 9.87. The molecule has 8 nitrogen and oxygen atoms in total. The summed E-state index contributed by atoms with van der Waals surface area (Å²) >= 11 is 0. The monoisotopic (exact) mass is 267 g/mol. The highest BCUT2D eigenvalue weighted by Crippen LogP contribution is 1.94. The van der Waals surface area contributed by atoms with Crippen molar-refractivity contribution in [2.24, 2.45) is 0 Å². The molecule has 1 atom stereocenters. The first-order chi connectivity index (χ1) is 8.99. The Kier molecular flexibility index (Phi) is 5.27. The van der Waals surface area contributed by atoms with Crippen LogP contribution in [0, 0.1) is 0 Å².